The van der Waals surface area contributed by atoms with Crippen molar-refractivity contribution in [3.63, 3.8) is 0 Å². The summed E-state index contributed by atoms with van der Waals surface area (Å²) in [6.07, 6.45) is 3.60. The van der Waals surface area contributed by atoms with Crippen molar-refractivity contribution in [3.05, 3.63) is 35.3 Å². The molecule has 0 aliphatic heterocycles. The van der Waals surface area contributed by atoms with Gasteiger partial charge < -0.3 is 5.32 Å². The van der Waals surface area contributed by atoms with Crippen LogP contribution >= 0.6 is 0 Å². The summed E-state index contributed by atoms with van der Waals surface area (Å²) < 4.78 is 1.86. The molecule has 2 aromatic rings. The number of aryl methyl sites for hydroxylation is 2. The first-order chi connectivity index (χ1) is 7.66. The summed E-state index contributed by atoms with van der Waals surface area (Å²) in [5.41, 5.74) is 3.43. The molecule has 1 N–H and O–H groups in total. The zero-order valence-electron chi connectivity index (χ0n) is 9.73. The Balaban J connectivity index is 2.05. The number of nitrogens with zero attached hydrogens (tertiary/aromatic N) is 4. The number of rotatable bonds is 3. The van der Waals surface area contributed by atoms with Crippen LogP contribution in [0.15, 0.2) is 18.5 Å². The van der Waals surface area contributed by atoms with Crippen LogP contribution in [0.2, 0.25) is 0 Å². The molecule has 2 aromatic heterocycles. The van der Waals surface area contributed by atoms with Crippen LogP contribution in [-0.2, 0) is 13.6 Å². The molecular formula is C11H15N5. The molecule has 0 saturated carbocycles. The highest BCUT2D eigenvalue weighted by molar-refractivity contribution is 5.36. The van der Waals surface area contributed by atoms with Gasteiger partial charge in [-0.15, -0.1) is 5.10 Å². The molecule has 84 valence electrons. The number of aromatic nitrogens is 4. The molecule has 5 heteroatoms. The zero-order chi connectivity index (χ0) is 11.5. The van der Waals surface area contributed by atoms with Gasteiger partial charge in [-0.1, -0.05) is 0 Å². The molecule has 0 amide bonds. The minimum absolute atomic E-state index is 0.720. The van der Waals surface area contributed by atoms with Crippen LogP contribution in [0, 0.1) is 13.8 Å². The van der Waals surface area contributed by atoms with E-state index in [4.69, 9.17) is 0 Å². The van der Waals surface area contributed by atoms with Crippen LogP contribution in [0.1, 0.15) is 16.8 Å². The van der Waals surface area contributed by atoms with Gasteiger partial charge in [-0.3, -0.25) is 4.68 Å². The zero-order valence-corrected chi connectivity index (χ0v) is 9.73. The van der Waals surface area contributed by atoms with Crippen molar-refractivity contribution < 1.29 is 0 Å². The lowest BCUT2D eigenvalue weighted by atomic mass is 10.2. The standard InChI is InChI=1S/C11H15N5/c1-8-4-11(15-13-5-8)12-6-10-7-14-16(3)9(10)2/h4-5,7H,6H2,1-3H3,(H,12,15). The van der Waals surface area contributed by atoms with Crippen molar-refractivity contribution in [2.45, 2.75) is 20.4 Å². The lowest BCUT2D eigenvalue weighted by Gasteiger charge is -2.04. The highest BCUT2D eigenvalue weighted by Gasteiger charge is 2.03. The maximum atomic E-state index is 4.19. The molecule has 0 aliphatic rings. The normalized spacial score (nSPS) is 10.4. The molecule has 16 heavy (non-hydrogen) atoms. The van der Waals surface area contributed by atoms with Gasteiger partial charge in [0.2, 0.25) is 0 Å². The van der Waals surface area contributed by atoms with Gasteiger partial charge in [0.1, 0.15) is 5.82 Å². The molecular weight excluding hydrogens is 202 g/mol. The molecule has 5 nitrogen and oxygen atoms in total. The van der Waals surface area contributed by atoms with Crippen LogP contribution in [0.3, 0.4) is 0 Å². The van der Waals surface area contributed by atoms with Crippen LogP contribution in [0.4, 0.5) is 5.82 Å². The van der Waals surface area contributed by atoms with E-state index in [1.807, 2.05) is 37.8 Å². The molecule has 0 spiro atoms. The van der Waals surface area contributed by atoms with Gasteiger partial charge in [-0.25, -0.2) is 0 Å². The first-order valence-electron chi connectivity index (χ1n) is 5.17. The first-order valence-corrected chi connectivity index (χ1v) is 5.17. The van der Waals surface area contributed by atoms with Gasteiger partial charge in [-0.2, -0.15) is 10.2 Å². The summed E-state index contributed by atoms with van der Waals surface area (Å²) in [5.74, 6) is 0.795. The van der Waals surface area contributed by atoms with Crippen molar-refractivity contribution in [3.8, 4) is 0 Å². The highest BCUT2D eigenvalue weighted by atomic mass is 15.3. The summed E-state index contributed by atoms with van der Waals surface area (Å²) in [5, 5.41) is 15.3. The van der Waals surface area contributed by atoms with Crippen LogP contribution in [0.5, 0.6) is 0 Å². The average Bonchev–Trinajstić information content (AvgIpc) is 2.57. The van der Waals surface area contributed by atoms with E-state index in [2.05, 4.69) is 20.6 Å². The maximum Gasteiger partial charge on any atom is 0.149 e. The molecule has 0 bridgehead atoms. The van der Waals surface area contributed by atoms with Crippen molar-refractivity contribution in [2.75, 3.05) is 5.32 Å². The molecule has 0 aromatic carbocycles. The summed E-state index contributed by atoms with van der Waals surface area (Å²) in [6, 6.07) is 1.97. The number of hydrogen-bond acceptors (Lipinski definition) is 4. The van der Waals surface area contributed by atoms with E-state index in [0.717, 1.165) is 23.6 Å². The van der Waals surface area contributed by atoms with E-state index >= 15 is 0 Å². The Morgan fingerprint density at radius 1 is 1.31 bits per heavy atom. The predicted octanol–water partition coefficient (Wildman–Crippen LogP) is 1.44. The Labute approximate surface area is 94.5 Å². The molecule has 0 saturated heterocycles. The average molecular weight is 217 g/mol. The molecule has 0 fully saturated rings. The molecule has 0 unspecified atom stereocenters. The predicted molar refractivity (Wildman–Crippen MR) is 62.0 cm³/mol. The third-order valence-corrected chi connectivity index (χ3v) is 2.59. The van der Waals surface area contributed by atoms with Crippen molar-refractivity contribution in [1.82, 2.24) is 20.0 Å². The Bertz CT molecular complexity index is 489. The van der Waals surface area contributed by atoms with Gasteiger partial charge >= 0.3 is 0 Å². The number of anilines is 1. The van der Waals surface area contributed by atoms with Crippen molar-refractivity contribution in [2.24, 2.45) is 7.05 Å². The fraction of sp³-hybridized carbons (Fsp3) is 0.364. The van der Waals surface area contributed by atoms with E-state index in [9.17, 15) is 0 Å². The quantitative estimate of drug-likeness (QED) is 0.845. The molecule has 2 rings (SSSR count). The Hall–Kier alpha value is -1.91. The number of nitrogens with one attached hydrogen (secondary N) is 1. The van der Waals surface area contributed by atoms with Crippen molar-refractivity contribution in [1.29, 1.82) is 0 Å². The van der Waals surface area contributed by atoms with E-state index in [0.29, 0.717) is 0 Å². The van der Waals surface area contributed by atoms with Crippen LogP contribution in [0.25, 0.3) is 0 Å². The molecule has 0 aliphatic carbocycles. The second-order valence-electron chi connectivity index (χ2n) is 3.85. The maximum absolute atomic E-state index is 4.19. The van der Waals surface area contributed by atoms with E-state index in [1.165, 1.54) is 5.56 Å². The minimum Gasteiger partial charge on any atom is -0.364 e. The Kier molecular flexibility index (Phi) is 2.85. The summed E-state index contributed by atoms with van der Waals surface area (Å²) in [6.45, 7) is 4.76. The Morgan fingerprint density at radius 2 is 2.12 bits per heavy atom. The monoisotopic (exact) mass is 217 g/mol. The molecule has 0 atom stereocenters. The second-order valence-corrected chi connectivity index (χ2v) is 3.85. The SMILES string of the molecule is Cc1cnnc(NCc2cnn(C)c2C)c1. The van der Waals surface area contributed by atoms with Gasteiger partial charge in [-0.05, 0) is 25.5 Å². The highest BCUT2D eigenvalue weighted by Crippen LogP contribution is 2.09. The summed E-state index contributed by atoms with van der Waals surface area (Å²) in [7, 11) is 1.94. The number of hydrogen-bond donors (Lipinski definition) is 1. The van der Waals surface area contributed by atoms with Gasteiger partial charge in [0.15, 0.2) is 0 Å². The van der Waals surface area contributed by atoms with Crippen LogP contribution in [-0.4, -0.2) is 20.0 Å². The fourth-order valence-electron chi connectivity index (χ4n) is 1.45. The summed E-state index contributed by atoms with van der Waals surface area (Å²) in [4.78, 5) is 0. The molecule has 0 radical (unpaired) electrons. The van der Waals surface area contributed by atoms with Gasteiger partial charge in [0.05, 0.1) is 12.4 Å². The van der Waals surface area contributed by atoms with Crippen LogP contribution < -0.4 is 5.32 Å². The lowest BCUT2D eigenvalue weighted by molar-refractivity contribution is 0.738. The largest absolute Gasteiger partial charge is 0.364 e. The fourth-order valence-corrected chi connectivity index (χ4v) is 1.45. The smallest absolute Gasteiger partial charge is 0.149 e. The topological polar surface area (TPSA) is 55.6 Å². The summed E-state index contributed by atoms with van der Waals surface area (Å²) >= 11 is 0. The Morgan fingerprint density at radius 3 is 2.75 bits per heavy atom. The van der Waals surface area contributed by atoms with Gasteiger partial charge in [0, 0.05) is 24.8 Å². The lowest BCUT2D eigenvalue weighted by Crippen LogP contribution is -2.03. The van der Waals surface area contributed by atoms with Gasteiger partial charge in [0.25, 0.3) is 0 Å². The second kappa shape index (κ2) is 4.30. The third kappa shape index (κ3) is 2.18. The van der Waals surface area contributed by atoms with Crippen molar-refractivity contribution >= 4 is 5.82 Å². The third-order valence-electron chi connectivity index (χ3n) is 2.59. The first kappa shape index (κ1) is 10.6. The van der Waals surface area contributed by atoms with E-state index in [-0.39, 0.29) is 0 Å². The van der Waals surface area contributed by atoms with E-state index in [1.54, 1.807) is 6.20 Å². The molecule has 2 heterocycles. The van der Waals surface area contributed by atoms with E-state index < -0.39 is 0 Å². The minimum atomic E-state index is 0.720.